The van der Waals surface area contributed by atoms with Crippen molar-refractivity contribution in [1.82, 2.24) is 5.34 Å². The Hall–Kier alpha value is 0.110. The average molecular weight is 132 g/mol. The molecule has 0 aliphatic rings. The molecule has 0 atom stereocenters. The molecular formula is C3H8ClF2N. The maximum absolute atomic E-state index is 10.9. The number of hydrogen-bond donors (Lipinski definition) is 0. The van der Waals surface area contributed by atoms with Gasteiger partial charge < -0.3 is 0 Å². The Labute approximate surface area is 47.6 Å². The second-order valence-electron chi connectivity index (χ2n) is 1.03. The van der Waals surface area contributed by atoms with Crippen molar-refractivity contribution in [2.45, 2.75) is 13.3 Å². The largest absolute Gasteiger partial charge is 0.147 e. The van der Waals surface area contributed by atoms with E-state index in [0.29, 0.717) is 6.42 Å². The first-order valence-electron chi connectivity index (χ1n) is 1.86. The zero-order valence-corrected chi connectivity index (χ0v) is 4.84. The van der Waals surface area contributed by atoms with Crippen LogP contribution < -0.4 is 0 Å². The third kappa shape index (κ3) is 10.7. The maximum Gasteiger partial charge on any atom is 0.0617 e. The topological polar surface area (TPSA) is 3.24 Å². The second kappa shape index (κ2) is 6.11. The zero-order valence-electron chi connectivity index (χ0n) is 4.03. The molecule has 0 bridgehead atoms. The summed E-state index contributed by atoms with van der Waals surface area (Å²) in [5.41, 5.74) is 0. The van der Waals surface area contributed by atoms with Crippen LogP contribution in [0.5, 0.6) is 0 Å². The van der Waals surface area contributed by atoms with Crippen molar-refractivity contribution in [3.63, 3.8) is 0 Å². The molecule has 1 nitrogen and oxygen atoms in total. The molecule has 0 fully saturated rings. The van der Waals surface area contributed by atoms with Gasteiger partial charge in [0.15, 0.2) is 0 Å². The van der Waals surface area contributed by atoms with Gasteiger partial charge in [-0.25, -0.2) is 0 Å². The molecule has 0 aromatic heterocycles. The second-order valence-corrected chi connectivity index (χ2v) is 1.03. The first-order valence-corrected chi connectivity index (χ1v) is 1.86. The molecule has 7 heavy (non-hydrogen) atoms. The molecule has 0 saturated heterocycles. The smallest absolute Gasteiger partial charge is 0.0617 e. The van der Waals surface area contributed by atoms with Crippen LogP contribution in [0.1, 0.15) is 13.3 Å². The Bertz CT molecular complexity index is 34.1. The molecule has 0 amide bonds. The quantitative estimate of drug-likeness (QED) is 0.518. The maximum atomic E-state index is 10.9. The lowest BCUT2D eigenvalue weighted by molar-refractivity contribution is -0.152. The lowest BCUT2D eigenvalue weighted by atomic mass is 10.5. The van der Waals surface area contributed by atoms with Crippen LogP contribution in [0.15, 0.2) is 0 Å². The van der Waals surface area contributed by atoms with Gasteiger partial charge >= 0.3 is 0 Å². The number of halogens is 3. The molecule has 0 aliphatic carbocycles. The van der Waals surface area contributed by atoms with Crippen molar-refractivity contribution in [3.8, 4) is 0 Å². The Balaban J connectivity index is 0. The first kappa shape index (κ1) is 10.2. The fourth-order valence-electron chi connectivity index (χ4n) is 0.169. The normalized spacial score (nSPS) is 8.57. The van der Waals surface area contributed by atoms with Gasteiger partial charge in [-0.3, -0.25) is 0 Å². The van der Waals surface area contributed by atoms with Gasteiger partial charge in [0.25, 0.3) is 0 Å². The third-order valence-electron chi connectivity index (χ3n) is 0.393. The van der Waals surface area contributed by atoms with Gasteiger partial charge in [-0.05, 0) is 6.42 Å². The fourth-order valence-corrected chi connectivity index (χ4v) is 0.169. The molecule has 0 aromatic carbocycles. The lowest BCUT2D eigenvalue weighted by Gasteiger charge is -1.91. The monoisotopic (exact) mass is 131 g/mol. The van der Waals surface area contributed by atoms with E-state index in [9.17, 15) is 8.96 Å². The van der Waals surface area contributed by atoms with Gasteiger partial charge in [0, 0.05) is 5.34 Å². The Morgan fingerprint density at radius 2 is 1.86 bits per heavy atom. The van der Waals surface area contributed by atoms with Gasteiger partial charge in [0.1, 0.15) is 0 Å². The van der Waals surface area contributed by atoms with Gasteiger partial charge in [0.05, 0.1) is 6.54 Å². The molecule has 0 unspecified atom stereocenters. The SMILES string of the molecule is CCCN(F)F.Cl. The molecule has 0 N–H and O–H groups in total. The van der Waals surface area contributed by atoms with Crippen molar-refractivity contribution >= 4 is 12.4 Å². The molecule has 0 aromatic rings. The first-order chi connectivity index (χ1) is 2.77. The summed E-state index contributed by atoms with van der Waals surface area (Å²) in [5.74, 6) is 0. The van der Waals surface area contributed by atoms with E-state index >= 15 is 0 Å². The average Bonchev–Trinajstić information content (AvgIpc) is 1.35. The van der Waals surface area contributed by atoms with Crippen molar-refractivity contribution in [2.24, 2.45) is 0 Å². The van der Waals surface area contributed by atoms with Crippen LogP contribution in [0, 0.1) is 0 Å². The van der Waals surface area contributed by atoms with Gasteiger partial charge in [-0.2, -0.15) is 0 Å². The molecule has 0 aliphatic heterocycles. The van der Waals surface area contributed by atoms with E-state index in [0.717, 1.165) is 0 Å². The Morgan fingerprint density at radius 3 is 1.86 bits per heavy atom. The van der Waals surface area contributed by atoms with Crippen LogP contribution in [0.3, 0.4) is 0 Å². The molecule has 46 valence electrons. The van der Waals surface area contributed by atoms with Crippen LogP contribution in [-0.4, -0.2) is 11.9 Å². The standard InChI is InChI=1S/C3H7F2N.ClH/c1-2-3-6(4)5;/h2-3H2,1H3;1H. The lowest BCUT2D eigenvalue weighted by Crippen LogP contribution is -1.99. The van der Waals surface area contributed by atoms with Crippen LogP contribution in [0.4, 0.5) is 8.96 Å². The molecule has 0 radical (unpaired) electrons. The number of hydrogen-bond acceptors (Lipinski definition) is 1. The summed E-state index contributed by atoms with van der Waals surface area (Å²) >= 11 is 0. The van der Waals surface area contributed by atoms with E-state index in [1.54, 1.807) is 6.92 Å². The number of nitrogens with zero attached hydrogens (tertiary/aromatic N) is 1. The summed E-state index contributed by atoms with van der Waals surface area (Å²) < 4.78 is 21.7. The van der Waals surface area contributed by atoms with Crippen LogP contribution >= 0.6 is 12.4 Å². The summed E-state index contributed by atoms with van der Waals surface area (Å²) in [4.78, 5) is 0. The van der Waals surface area contributed by atoms with Crippen molar-refractivity contribution < 1.29 is 8.96 Å². The molecular weight excluding hydrogens is 123 g/mol. The van der Waals surface area contributed by atoms with Gasteiger partial charge in [-0.15, -0.1) is 21.4 Å². The summed E-state index contributed by atoms with van der Waals surface area (Å²) in [5, 5.41) is -0.819. The highest BCUT2D eigenvalue weighted by Gasteiger charge is 1.90. The van der Waals surface area contributed by atoms with E-state index < -0.39 is 5.34 Å². The minimum Gasteiger partial charge on any atom is -0.147 e. The highest BCUT2D eigenvalue weighted by atomic mass is 35.5. The minimum absolute atomic E-state index is 0. The minimum atomic E-state index is -0.819. The van der Waals surface area contributed by atoms with Gasteiger partial charge in [-0.1, -0.05) is 6.92 Å². The summed E-state index contributed by atoms with van der Waals surface area (Å²) in [6.45, 7) is 1.58. The highest BCUT2D eigenvalue weighted by molar-refractivity contribution is 5.85. The molecule has 0 saturated carbocycles. The van der Waals surface area contributed by atoms with E-state index in [1.165, 1.54) is 0 Å². The zero-order chi connectivity index (χ0) is 4.99. The summed E-state index contributed by atoms with van der Waals surface area (Å²) in [7, 11) is 0. The highest BCUT2D eigenvalue weighted by Crippen LogP contribution is 1.88. The molecule has 0 rings (SSSR count). The number of rotatable bonds is 2. The van der Waals surface area contributed by atoms with E-state index in [1.807, 2.05) is 0 Å². The molecule has 0 heterocycles. The Kier molecular flexibility index (Phi) is 8.87. The van der Waals surface area contributed by atoms with E-state index in [2.05, 4.69) is 0 Å². The predicted molar refractivity (Wildman–Crippen MR) is 26.5 cm³/mol. The van der Waals surface area contributed by atoms with Gasteiger partial charge in [0.2, 0.25) is 0 Å². The van der Waals surface area contributed by atoms with Crippen LogP contribution in [-0.2, 0) is 0 Å². The van der Waals surface area contributed by atoms with Crippen LogP contribution in [0.2, 0.25) is 0 Å². The summed E-state index contributed by atoms with van der Waals surface area (Å²) in [6, 6.07) is 0. The van der Waals surface area contributed by atoms with Crippen molar-refractivity contribution in [2.75, 3.05) is 6.54 Å². The van der Waals surface area contributed by atoms with E-state index in [4.69, 9.17) is 0 Å². The molecule has 4 heteroatoms. The fraction of sp³-hybridized carbons (Fsp3) is 1.00. The Morgan fingerprint density at radius 1 is 1.43 bits per heavy atom. The summed E-state index contributed by atoms with van der Waals surface area (Å²) in [6.07, 6.45) is 0.507. The van der Waals surface area contributed by atoms with Crippen molar-refractivity contribution in [3.05, 3.63) is 0 Å². The van der Waals surface area contributed by atoms with E-state index in [-0.39, 0.29) is 19.0 Å². The molecule has 0 spiro atoms. The third-order valence-corrected chi connectivity index (χ3v) is 0.393. The van der Waals surface area contributed by atoms with Crippen molar-refractivity contribution in [1.29, 1.82) is 0 Å². The van der Waals surface area contributed by atoms with Crippen LogP contribution in [0.25, 0.3) is 0 Å². The predicted octanol–water partition coefficient (Wildman–Crippen LogP) is 1.89.